The molecule has 1 aromatic heterocycles. The lowest BCUT2D eigenvalue weighted by molar-refractivity contribution is -0.126. The van der Waals surface area contributed by atoms with Crippen molar-refractivity contribution < 1.29 is 9.59 Å². The highest BCUT2D eigenvalue weighted by molar-refractivity contribution is 5.79. The molecule has 32 heavy (non-hydrogen) atoms. The van der Waals surface area contributed by atoms with Gasteiger partial charge in [0.15, 0.2) is 0 Å². The van der Waals surface area contributed by atoms with Crippen LogP contribution in [0, 0.1) is 5.92 Å². The number of carbonyl (C=O) groups is 2. The Kier molecular flexibility index (Phi) is 6.73. The molecular formula is C25H31N5O2. The maximum Gasteiger partial charge on any atom is 0.315 e. The predicted molar refractivity (Wildman–Crippen MR) is 125 cm³/mol. The van der Waals surface area contributed by atoms with Crippen LogP contribution >= 0.6 is 0 Å². The Morgan fingerprint density at radius 2 is 1.88 bits per heavy atom. The van der Waals surface area contributed by atoms with Gasteiger partial charge in [-0.05, 0) is 62.9 Å². The third kappa shape index (κ3) is 5.28. The number of para-hydroxylation sites is 2. The van der Waals surface area contributed by atoms with Crippen molar-refractivity contribution in [2.75, 3.05) is 0 Å². The van der Waals surface area contributed by atoms with Gasteiger partial charge in [-0.3, -0.25) is 9.36 Å². The average molecular weight is 434 g/mol. The molecule has 2 atom stereocenters. The first-order chi connectivity index (χ1) is 15.5. The standard InChI is InChI=1S/C25H31N5O2/c1-17(2)28-24(31)19-6-5-7-20(14-19)29-25(32)26-15-18-10-12-21(13-11-18)30-16-27-22-8-3-4-9-23(22)30/h3-4,8-13,16-17,19-20H,5-7,14-15H2,1-2H3,(H,28,31)(H2,26,29,32). The van der Waals surface area contributed by atoms with Crippen LogP contribution in [0.5, 0.6) is 0 Å². The van der Waals surface area contributed by atoms with Gasteiger partial charge in [-0.15, -0.1) is 0 Å². The third-order valence-corrected chi connectivity index (χ3v) is 5.93. The number of hydrogen-bond acceptors (Lipinski definition) is 3. The van der Waals surface area contributed by atoms with Gasteiger partial charge in [-0.25, -0.2) is 9.78 Å². The van der Waals surface area contributed by atoms with Crippen LogP contribution in [0.3, 0.4) is 0 Å². The summed E-state index contributed by atoms with van der Waals surface area (Å²) in [4.78, 5) is 29.1. The molecule has 0 radical (unpaired) electrons. The Hall–Kier alpha value is -3.35. The molecule has 1 heterocycles. The number of rotatable bonds is 6. The van der Waals surface area contributed by atoms with Crippen LogP contribution in [0.1, 0.15) is 45.1 Å². The summed E-state index contributed by atoms with van der Waals surface area (Å²) in [6.45, 7) is 4.38. The van der Waals surface area contributed by atoms with Crippen LogP contribution in [0.4, 0.5) is 4.79 Å². The maximum atomic E-state index is 12.4. The predicted octanol–water partition coefficient (Wildman–Crippen LogP) is 3.91. The first-order valence-corrected chi connectivity index (χ1v) is 11.4. The van der Waals surface area contributed by atoms with E-state index in [1.165, 1.54) is 0 Å². The van der Waals surface area contributed by atoms with E-state index in [0.29, 0.717) is 13.0 Å². The SMILES string of the molecule is CC(C)NC(=O)C1CCCC(NC(=O)NCc2ccc(-n3cnc4ccccc43)cc2)C1. The van der Waals surface area contributed by atoms with Gasteiger partial charge >= 0.3 is 6.03 Å². The summed E-state index contributed by atoms with van der Waals surface area (Å²) in [5.41, 5.74) is 4.07. The lowest BCUT2D eigenvalue weighted by Gasteiger charge is -2.29. The highest BCUT2D eigenvalue weighted by atomic mass is 16.2. The summed E-state index contributed by atoms with van der Waals surface area (Å²) in [6, 6.07) is 16.1. The molecule has 7 heteroatoms. The topological polar surface area (TPSA) is 88.0 Å². The second-order valence-electron chi connectivity index (χ2n) is 8.82. The minimum atomic E-state index is -0.190. The van der Waals surface area contributed by atoms with E-state index in [4.69, 9.17) is 0 Å². The normalized spacial score (nSPS) is 18.5. The van der Waals surface area contributed by atoms with Crippen LogP contribution in [0.2, 0.25) is 0 Å². The molecule has 0 bridgehead atoms. The van der Waals surface area contributed by atoms with Gasteiger partial charge in [0.25, 0.3) is 0 Å². The van der Waals surface area contributed by atoms with Gasteiger partial charge in [0, 0.05) is 30.2 Å². The van der Waals surface area contributed by atoms with Crippen LogP contribution in [-0.2, 0) is 11.3 Å². The van der Waals surface area contributed by atoms with E-state index in [-0.39, 0.29) is 29.9 Å². The van der Waals surface area contributed by atoms with Gasteiger partial charge in [0.05, 0.1) is 11.0 Å². The fourth-order valence-corrected chi connectivity index (χ4v) is 4.32. The van der Waals surface area contributed by atoms with E-state index in [2.05, 4.69) is 20.9 Å². The minimum Gasteiger partial charge on any atom is -0.354 e. The Balaban J connectivity index is 1.28. The molecule has 0 saturated heterocycles. The third-order valence-electron chi connectivity index (χ3n) is 5.93. The molecule has 1 saturated carbocycles. The number of fused-ring (bicyclic) bond motifs is 1. The molecule has 1 fully saturated rings. The number of imidazole rings is 1. The van der Waals surface area contributed by atoms with Crippen molar-refractivity contribution in [2.24, 2.45) is 5.92 Å². The lowest BCUT2D eigenvalue weighted by atomic mass is 9.85. The number of amides is 3. The van der Waals surface area contributed by atoms with Crippen molar-refractivity contribution in [3.8, 4) is 5.69 Å². The Labute approximate surface area is 188 Å². The van der Waals surface area contributed by atoms with E-state index in [1.807, 2.05) is 73.3 Å². The highest BCUT2D eigenvalue weighted by Crippen LogP contribution is 2.24. The fourth-order valence-electron chi connectivity index (χ4n) is 4.32. The van der Waals surface area contributed by atoms with E-state index < -0.39 is 0 Å². The van der Waals surface area contributed by atoms with Gasteiger partial charge in [-0.1, -0.05) is 30.7 Å². The summed E-state index contributed by atoms with van der Waals surface area (Å²) < 4.78 is 2.05. The quantitative estimate of drug-likeness (QED) is 0.551. The summed E-state index contributed by atoms with van der Waals surface area (Å²) in [5.74, 6) is 0.0703. The van der Waals surface area contributed by atoms with Crippen molar-refractivity contribution in [1.82, 2.24) is 25.5 Å². The zero-order chi connectivity index (χ0) is 22.5. The molecule has 3 N–H and O–H groups in total. The van der Waals surface area contributed by atoms with E-state index in [0.717, 1.165) is 41.5 Å². The van der Waals surface area contributed by atoms with Crippen molar-refractivity contribution in [1.29, 1.82) is 0 Å². The summed E-state index contributed by atoms with van der Waals surface area (Å²) in [5, 5.41) is 8.96. The van der Waals surface area contributed by atoms with Crippen LogP contribution < -0.4 is 16.0 Å². The number of nitrogens with zero attached hydrogens (tertiary/aromatic N) is 2. The number of hydrogen-bond donors (Lipinski definition) is 3. The van der Waals surface area contributed by atoms with E-state index in [1.54, 1.807) is 0 Å². The minimum absolute atomic E-state index is 0.0248. The van der Waals surface area contributed by atoms with E-state index >= 15 is 0 Å². The van der Waals surface area contributed by atoms with Gasteiger partial charge < -0.3 is 16.0 Å². The van der Waals surface area contributed by atoms with Crippen molar-refractivity contribution in [2.45, 2.75) is 58.2 Å². The zero-order valence-electron chi connectivity index (χ0n) is 18.7. The molecule has 2 unspecified atom stereocenters. The maximum absolute atomic E-state index is 12.4. The number of urea groups is 1. The fraction of sp³-hybridized carbons (Fsp3) is 0.400. The summed E-state index contributed by atoms with van der Waals surface area (Å²) in [7, 11) is 0. The van der Waals surface area contributed by atoms with Crippen molar-refractivity contribution >= 4 is 23.0 Å². The molecule has 1 aliphatic rings. The molecule has 2 aromatic carbocycles. The zero-order valence-corrected chi connectivity index (χ0v) is 18.7. The molecule has 0 aliphatic heterocycles. The smallest absolute Gasteiger partial charge is 0.315 e. The molecular weight excluding hydrogens is 402 g/mol. The number of carbonyl (C=O) groups excluding carboxylic acids is 2. The number of nitrogens with one attached hydrogen (secondary N) is 3. The summed E-state index contributed by atoms with van der Waals surface area (Å²) >= 11 is 0. The van der Waals surface area contributed by atoms with Gasteiger partial charge in [0.2, 0.25) is 5.91 Å². The monoisotopic (exact) mass is 433 g/mol. The van der Waals surface area contributed by atoms with Crippen LogP contribution in [0.25, 0.3) is 16.7 Å². The Morgan fingerprint density at radius 1 is 1.09 bits per heavy atom. The molecule has 1 aliphatic carbocycles. The van der Waals surface area contributed by atoms with Crippen molar-refractivity contribution in [3.05, 3.63) is 60.4 Å². The van der Waals surface area contributed by atoms with Gasteiger partial charge in [-0.2, -0.15) is 0 Å². The van der Waals surface area contributed by atoms with Crippen LogP contribution in [-0.4, -0.2) is 33.6 Å². The highest BCUT2D eigenvalue weighted by Gasteiger charge is 2.28. The molecule has 4 rings (SSSR count). The largest absolute Gasteiger partial charge is 0.354 e. The second-order valence-corrected chi connectivity index (χ2v) is 8.82. The molecule has 3 aromatic rings. The number of aromatic nitrogens is 2. The lowest BCUT2D eigenvalue weighted by Crippen LogP contribution is -2.46. The summed E-state index contributed by atoms with van der Waals surface area (Å²) in [6.07, 6.45) is 5.26. The number of benzene rings is 2. The Bertz CT molecular complexity index is 1070. The Morgan fingerprint density at radius 3 is 2.66 bits per heavy atom. The van der Waals surface area contributed by atoms with Gasteiger partial charge in [0.1, 0.15) is 6.33 Å². The first-order valence-electron chi connectivity index (χ1n) is 11.4. The average Bonchev–Trinajstić information content (AvgIpc) is 3.22. The first kappa shape index (κ1) is 21.9. The molecule has 3 amide bonds. The van der Waals surface area contributed by atoms with Crippen molar-refractivity contribution in [3.63, 3.8) is 0 Å². The molecule has 168 valence electrons. The van der Waals surface area contributed by atoms with E-state index in [9.17, 15) is 9.59 Å². The molecule has 7 nitrogen and oxygen atoms in total. The second kappa shape index (κ2) is 9.85. The molecule has 0 spiro atoms. The van der Waals surface area contributed by atoms with Crippen LogP contribution in [0.15, 0.2) is 54.9 Å².